The van der Waals surface area contributed by atoms with Gasteiger partial charge in [0.15, 0.2) is 0 Å². The summed E-state index contributed by atoms with van der Waals surface area (Å²) in [4.78, 5) is 29.0. The van der Waals surface area contributed by atoms with E-state index in [1.807, 2.05) is 36.0 Å². The van der Waals surface area contributed by atoms with Crippen molar-refractivity contribution in [2.45, 2.75) is 37.8 Å². The maximum absolute atomic E-state index is 12.8. The van der Waals surface area contributed by atoms with Crippen molar-refractivity contribution >= 4 is 17.9 Å². The zero-order valence-electron chi connectivity index (χ0n) is 14.7. The number of rotatable bonds is 3. The summed E-state index contributed by atoms with van der Waals surface area (Å²) in [5, 5.41) is 6.07. The topological polar surface area (TPSA) is 76.0 Å². The van der Waals surface area contributed by atoms with Crippen LogP contribution in [-0.4, -0.2) is 27.4 Å². The van der Waals surface area contributed by atoms with E-state index in [0.29, 0.717) is 18.4 Å². The normalized spacial score (nSPS) is 21.8. The largest absolute Gasteiger partial charge is 0.347 e. The highest BCUT2D eigenvalue weighted by Gasteiger charge is 2.33. The number of aryl methyl sites for hydroxylation is 2. The van der Waals surface area contributed by atoms with Crippen molar-refractivity contribution in [2.24, 2.45) is 7.05 Å². The molecule has 0 radical (unpaired) electrons. The Balaban J connectivity index is 1.55. The van der Waals surface area contributed by atoms with E-state index in [1.54, 1.807) is 6.20 Å². The third kappa shape index (κ3) is 3.14. The van der Waals surface area contributed by atoms with Crippen molar-refractivity contribution < 1.29 is 9.59 Å². The molecule has 0 bridgehead atoms. The second-order valence-corrected chi connectivity index (χ2v) is 6.91. The first-order valence-corrected chi connectivity index (χ1v) is 8.99. The Morgan fingerprint density at radius 2 is 2.23 bits per heavy atom. The van der Waals surface area contributed by atoms with Crippen molar-refractivity contribution in [1.82, 2.24) is 20.2 Å². The Kier molecular flexibility index (Phi) is 4.32. The van der Waals surface area contributed by atoms with E-state index in [4.69, 9.17) is 0 Å². The zero-order valence-corrected chi connectivity index (χ0v) is 14.7. The van der Waals surface area contributed by atoms with Crippen molar-refractivity contribution in [3.05, 3.63) is 59.2 Å². The predicted octanol–water partition coefficient (Wildman–Crippen LogP) is 2.13. The number of benzene rings is 1. The minimum atomic E-state index is -0.319. The lowest BCUT2D eigenvalue weighted by Gasteiger charge is -2.32. The summed E-state index contributed by atoms with van der Waals surface area (Å²) in [6, 6.07) is 5.34. The molecule has 1 aromatic heterocycles. The molecule has 2 amide bonds. The molecule has 2 heterocycles. The summed E-state index contributed by atoms with van der Waals surface area (Å²) in [5.41, 5.74) is 3.05. The van der Waals surface area contributed by atoms with Gasteiger partial charge < -0.3 is 15.2 Å². The highest BCUT2D eigenvalue weighted by atomic mass is 16.2. The minimum Gasteiger partial charge on any atom is -0.347 e. The average Bonchev–Trinajstić information content (AvgIpc) is 3.08. The highest BCUT2D eigenvalue weighted by molar-refractivity contribution is 5.95. The van der Waals surface area contributed by atoms with Crippen LogP contribution in [0.15, 0.2) is 36.7 Å². The second-order valence-electron chi connectivity index (χ2n) is 6.91. The first kappa shape index (κ1) is 16.6. The van der Waals surface area contributed by atoms with Crippen LogP contribution in [0.4, 0.5) is 0 Å². The minimum absolute atomic E-state index is 0.0101. The molecule has 2 aromatic rings. The molecule has 1 aliphatic carbocycles. The monoisotopic (exact) mass is 350 g/mol. The van der Waals surface area contributed by atoms with Gasteiger partial charge in [0.1, 0.15) is 11.9 Å². The molecule has 4 rings (SSSR count). The number of nitrogens with zero attached hydrogens (tertiary/aromatic N) is 2. The molecule has 1 aromatic carbocycles. The summed E-state index contributed by atoms with van der Waals surface area (Å²) in [7, 11) is 1.89. The van der Waals surface area contributed by atoms with Gasteiger partial charge in [-0.15, -0.1) is 0 Å². The summed E-state index contributed by atoms with van der Waals surface area (Å²) in [6.07, 6.45) is 10.8. The van der Waals surface area contributed by atoms with Gasteiger partial charge in [0.25, 0.3) is 5.91 Å². The number of aromatic nitrogens is 2. The Labute approximate surface area is 152 Å². The molecule has 0 unspecified atom stereocenters. The number of hydrogen-bond donors (Lipinski definition) is 2. The third-order valence-electron chi connectivity index (χ3n) is 5.14. The fourth-order valence-corrected chi connectivity index (χ4v) is 3.70. The molecule has 6 heteroatoms. The van der Waals surface area contributed by atoms with Gasteiger partial charge in [-0.3, -0.25) is 9.59 Å². The van der Waals surface area contributed by atoms with Crippen LogP contribution >= 0.6 is 0 Å². The highest BCUT2D eigenvalue weighted by Crippen LogP contribution is 2.24. The fraction of sp³-hybridized carbons (Fsp3) is 0.350. The second kappa shape index (κ2) is 6.78. The molecule has 2 atom stereocenters. The van der Waals surface area contributed by atoms with Gasteiger partial charge in [-0.2, -0.15) is 0 Å². The molecule has 0 spiro atoms. The molecule has 2 N–H and O–H groups in total. The van der Waals surface area contributed by atoms with E-state index in [2.05, 4.69) is 27.8 Å². The Morgan fingerprint density at radius 3 is 3.04 bits per heavy atom. The van der Waals surface area contributed by atoms with Crippen molar-refractivity contribution in [1.29, 1.82) is 0 Å². The average molecular weight is 350 g/mol. The number of carbonyl (C=O) groups excluding carboxylic acids is 2. The summed E-state index contributed by atoms with van der Waals surface area (Å²) in [5.74, 6) is 0.630. The van der Waals surface area contributed by atoms with Crippen LogP contribution in [0.2, 0.25) is 0 Å². The zero-order chi connectivity index (χ0) is 18.1. The summed E-state index contributed by atoms with van der Waals surface area (Å²) >= 11 is 0. The van der Waals surface area contributed by atoms with Crippen LogP contribution in [0, 0.1) is 0 Å². The standard InChI is InChI=1S/C20H22N4O2/c1-24-11-10-21-19(24)18-16(8-9-17(25)23-18)22-20(26)15-7-6-13-4-2-3-5-14(13)12-15/h2,4,6-7,10-12,16,18H,3,5,8-9H2,1H3,(H,22,26)(H,23,25)/t16-,18-/m1/s1. The van der Waals surface area contributed by atoms with Crippen molar-refractivity contribution in [3.63, 3.8) is 0 Å². The van der Waals surface area contributed by atoms with E-state index in [-0.39, 0.29) is 23.9 Å². The number of nitrogens with one attached hydrogen (secondary N) is 2. The quantitative estimate of drug-likeness (QED) is 0.890. The molecule has 26 heavy (non-hydrogen) atoms. The number of allylic oxidation sites excluding steroid dienone is 1. The Morgan fingerprint density at radius 1 is 1.35 bits per heavy atom. The van der Waals surface area contributed by atoms with Crippen LogP contribution in [0.1, 0.15) is 52.6 Å². The number of amides is 2. The smallest absolute Gasteiger partial charge is 0.251 e. The predicted molar refractivity (Wildman–Crippen MR) is 98.4 cm³/mol. The van der Waals surface area contributed by atoms with Crippen LogP contribution in [0.25, 0.3) is 6.08 Å². The SMILES string of the molecule is Cn1ccnc1[C@@H]1NC(=O)CC[C@H]1NC(=O)c1ccc2c(c1)CCC=C2. The van der Waals surface area contributed by atoms with Gasteiger partial charge >= 0.3 is 0 Å². The van der Waals surface area contributed by atoms with Gasteiger partial charge in [0.2, 0.25) is 5.91 Å². The van der Waals surface area contributed by atoms with Crippen LogP contribution in [-0.2, 0) is 18.3 Å². The van der Waals surface area contributed by atoms with Gasteiger partial charge in [0, 0.05) is 31.4 Å². The number of imidazole rings is 1. The van der Waals surface area contributed by atoms with Crippen LogP contribution in [0.5, 0.6) is 0 Å². The molecular weight excluding hydrogens is 328 g/mol. The van der Waals surface area contributed by atoms with Crippen molar-refractivity contribution in [3.8, 4) is 0 Å². The van der Waals surface area contributed by atoms with E-state index < -0.39 is 0 Å². The van der Waals surface area contributed by atoms with Crippen LogP contribution < -0.4 is 10.6 Å². The maximum Gasteiger partial charge on any atom is 0.251 e. The van der Waals surface area contributed by atoms with Gasteiger partial charge in [-0.1, -0.05) is 18.2 Å². The summed E-state index contributed by atoms with van der Waals surface area (Å²) in [6.45, 7) is 0. The molecule has 1 aliphatic heterocycles. The molecule has 1 saturated heterocycles. The van der Waals surface area contributed by atoms with Gasteiger partial charge in [-0.05, 0) is 42.5 Å². The van der Waals surface area contributed by atoms with E-state index in [1.165, 1.54) is 11.1 Å². The maximum atomic E-state index is 12.8. The van der Waals surface area contributed by atoms with E-state index in [9.17, 15) is 9.59 Å². The summed E-state index contributed by atoms with van der Waals surface area (Å²) < 4.78 is 1.88. The van der Waals surface area contributed by atoms with Gasteiger partial charge in [0.05, 0.1) is 6.04 Å². The van der Waals surface area contributed by atoms with E-state index in [0.717, 1.165) is 18.7 Å². The lowest BCUT2D eigenvalue weighted by molar-refractivity contribution is -0.124. The number of hydrogen-bond acceptors (Lipinski definition) is 3. The first-order valence-electron chi connectivity index (χ1n) is 8.99. The molecular formula is C20H22N4O2. The molecule has 1 fully saturated rings. The van der Waals surface area contributed by atoms with Crippen molar-refractivity contribution in [2.75, 3.05) is 0 Å². The molecule has 0 saturated carbocycles. The first-order chi connectivity index (χ1) is 12.6. The third-order valence-corrected chi connectivity index (χ3v) is 5.14. The molecule has 2 aliphatic rings. The number of fused-ring (bicyclic) bond motifs is 1. The Bertz CT molecular complexity index is 884. The number of piperidine rings is 1. The van der Waals surface area contributed by atoms with Gasteiger partial charge in [-0.25, -0.2) is 4.98 Å². The lowest BCUT2D eigenvalue weighted by atomic mass is 9.94. The fourth-order valence-electron chi connectivity index (χ4n) is 3.70. The number of carbonyl (C=O) groups is 2. The molecule has 134 valence electrons. The van der Waals surface area contributed by atoms with E-state index >= 15 is 0 Å². The molecule has 6 nitrogen and oxygen atoms in total. The lowest BCUT2D eigenvalue weighted by Crippen LogP contribution is -2.50. The van der Waals surface area contributed by atoms with Crippen LogP contribution in [0.3, 0.4) is 0 Å². The Hall–Kier alpha value is -2.89.